The fraction of sp³-hybridized carbons (Fsp3) is 0.571. The highest BCUT2D eigenvalue weighted by Gasteiger charge is 2.20. The molecule has 0 aliphatic carbocycles. The highest BCUT2D eigenvalue weighted by molar-refractivity contribution is 9.10. The predicted octanol–water partition coefficient (Wildman–Crippen LogP) is 3.12. The van der Waals surface area contributed by atoms with Crippen molar-refractivity contribution >= 4 is 27.3 Å². The minimum absolute atomic E-state index is 0.0331. The molecule has 1 aliphatic heterocycles. The van der Waals surface area contributed by atoms with Gasteiger partial charge in [0.15, 0.2) is 5.75 Å². The standard InChI is InChI=1S/C14H20BrN3O3/c1-17-5-3-10(4-6-17)9-16-12-8-14(21-2)13(18(19)20)7-11(12)15/h7-8,10,16H,3-6,9H2,1-2H3. The molecule has 1 saturated heterocycles. The van der Waals surface area contributed by atoms with E-state index in [-0.39, 0.29) is 11.4 Å². The Labute approximate surface area is 132 Å². The van der Waals surface area contributed by atoms with Crippen molar-refractivity contribution in [2.45, 2.75) is 12.8 Å². The van der Waals surface area contributed by atoms with E-state index in [0.717, 1.165) is 25.3 Å². The van der Waals surface area contributed by atoms with Crippen LogP contribution in [-0.4, -0.2) is 43.6 Å². The Morgan fingerprint density at radius 1 is 1.48 bits per heavy atom. The van der Waals surface area contributed by atoms with Crippen molar-refractivity contribution in [3.8, 4) is 5.75 Å². The molecule has 0 bridgehead atoms. The fourth-order valence-corrected chi connectivity index (χ4v) is 2.98. The van der Waals surface area contributed by atoms with Crippen molar-refractivity contribution in [2.75, 3.05) is 39.1 Å². The molecule has 1 aromatic rings. The van der Waals surface area contributed by atoms with Gasteiger partial charge < -0.3 is 15.0 Å². The Morgan fingerprint density at radius 3 is 2.71 bits per heavy atom. The minimum Gasteiger partial charge on any atom is -0.490 e. The van der Waals surface area contributed by atoms with Crippen LogP contribution in [0.3, 0.4) is 0 Å². The summed E-state index contributed by atoms with van der Waals surface area (Å²) in [7, 11) is 3.58. The first-order chi connectivity index (χ1) is 10.0. The zero-order valence-corrected chi connectivity index (χ0v) is 13.9. The number of anilines is 1. The number of ether oxygens (including phenoxy) is 1. The Kier molecular flexibility index (Phi) is 5.41. The Balaban J connectivity index is 2.04. The number of nitrogens with zero attached hydrogens (tertiary/aromatic N) is 2. The van der Waals surface area contributed by atoms with Crippen LogP contribution in [0.25, 0.3) is 0 Å². The molecule has 0 saturated carbocycles. The van der Waals surface area contributed by atoms with E-state index in [0.29, 0.717) is 10.4 Å². The zero-order valence-electron chi connectivity index (χ0n) is 12.3. The van der Waals surface area contributed by atoms with E-state index in [9.17, 15) is 10.1 Å². The lowest BCUT2D eigenvalue weighted by Gasteiger charge is -2.29. The summed E-state index contributed by atoms with van der Waals surface area (Å²) in [5.74, 6) is 0.906. The first kappa shape index (κ1) is 16.0. The average Bonchev–Trinajstić information content (AvgIpc) is 2.47. The van der Waals surface area contributed by atoms with Crippen LogP contribution >= 0.6 is 15.9 Å². The number of benzene rings is 1. The van der Waals surface area contributed by atoms with E-state index in [1.165, 1.54) is 26.0 Å². The molecule has 1 aliphatic rings. The van der Waals surface area contributed by atoms with Gasteiger partial charge >= 0.3 is 5.69 Å². The third-order valence-electron chi connectivity index (χ3n) is 3.88. The molecule has 1 N–H and O–H groups in total. The number of rotatable bonds is 5. The first-order valence-corrected chi connectivity index (χ1v) is 7.75. The Morgan fingerprint density at radius 2 is 2.14 bits per heavy atom. The van der Waals surface area contributed by atoms with Gasteiger partial charge in [0.1, 0.15) is 0 Å². The number of hydrogen-bond acceptors (Lipinski definition) is 5. The quantitative estimate of drug-likeness (QED) is 0.647. The number of nitro groups is 1. The van der Waals surface area contributed by atoms with Gasteiger partial charge in [0.2, 0.25) is 0 Å². The van der Waals surface area contributed by atoms with Crippen molar-refractivity contribution < 1.29 is 9.66 Å². The maximum Gasteiger partial charge on any atom is 0.312 e. The second kappa shape index (κ2) is 7.09. The first-order valence-electron chi connectivity index (χ1n) is 6.95. The Hall–Kier alpha value is -1.34. The molecule has 2 rings (SSSR count). The summed E-state index contributed by atoms with van der Waals surface area (Å²) in [5.41, 5.74) is 0.797. The molecule has 1 heterocycles. The zero-order chi connectivity index (χ0) is 15.4. The second-order valence-electron chi connectivity index (χ2n) is 5.39. The van der Waals surface area contributed by atoms with Crippen LogP contribution in [0.2, 0.25) is 0 Å². The van der Waals surface area contributed by atoms with E-state index in [4.69, 9.17) is 4.74 Å². The summed E-state index contributed by atoms with van der Waals surface area (Å²) in [6.07, 6.45) is 2.34. The lowest BCUT2D eigenvalue weighted by Crippen LogP contribution is -2.32. The molecular formula is C14H20BrN3O3. The van der Waals surface area contributed by atoms with Crippen molar-refractivity contribution in [2.24, 2.45) is 5.92 Å². The van der Waals surface area contributed by atoms with Gasteiger partial charge in [-0.25, -0.2) is 0 Å². The molecule has 6 nitrogen and oxygen atoms in total. The van der Waals surface area contributed by atoms with Crippen LogP contribution in [0.15, 0.2) is 16.6 Å². The molecular weight excluding hydrogens is 338 g/mol. The van der Waals surface area contributed by atoms with E-state index < -0.39 is 4.92 Å². The lowest BCUT2D eigenvalue weighted by atomic mass is 9.97. The molecule has 21 heavy (non-hydrogen) atoms. The molecule has 0 spiro atoms. The molecule has 0 aromatic heterocycles. The van der Waals surface area contributed by atoms with E-state index in [1.54, 1.807) is 6.07 Å². The minimum atomic E-state index is -0.440. The van der Waals surface area contributed by atoms with Crippen LogP contribution in [0.5, 0.6) is 5.75 Å². The van der Waals surface area contributed by atoms with Gasteiger partial charge in [0, 0.05) is 23.2 Å². The molecule has 0 unspecified atom stereocenters. The Bertz CT molecular complexity index is 516. The molecule has 7 heteroatoms. The highest BCUT2D eigenvalue weighted by Crippen LogP contribution is 2.36. The summed E-state index contributed by atoms with van der Waals surface area (Å²) in [6, 6.07) is 3.16. The molecule has 0 atom stereocenters. The maximum atomic E-state index is 11.0. The van der Waals surface area contributed by atoms with Gasteiger partial charge in [-0.1, -0.05) is 0 Å². The van der Waals surface area contributed by atoms with Gasteiger partial charge in [0.25, 0.3) is 0 Å². The fourth-order valence-electron chi connectivity index (χ4n) is 2.51. The van der Waals surface area contributed by atoms with Crippen LogP contribution in [0.1, 0.15) is 12.8 Å². The van der Waals surface area contributed by atoms with Crippen LogP contribution in [-0.2, 0) is 0 Å². The molecule has 116 valence electrons. The number of likely N-dealkylation sites (tertiary alicyclic amines) is 1. The monoisotopic (exact) mass is 357 g/mol. The molecule has 0 amide bonds. The van der Waals surface area contributed by atoms with Crippen molar-refractivity contribution in [3.63, 3.8) is 0 Å². The van der Waals surface area contributed by atoms with Crippen molar-refractivity contribution in [3.05, 3.63) is 26.7 Å². The van der Waals surface area contributed by atoms with Gasteiger partial charge in [-0.05, 0) is 54.8 Å². The van der Waals surface area contributed by atoms with Crippen LogP contribution in [0.4, 0.5) is 11.4 Å². The number of methoxy groups -OCH3 is 1. The number of piperidine rings is 1. The maximum absolute atomic E-state index is 11.0. The third-order valence-corrected chi connectivity index (χ3v) is 4.54. The number of nitro benzene ring substituents is 1. The van der Waals surface area contributed by atoms with Crippen molar-refractivity contribution in [1.82, 2.24) is 4.90 Å². The van der Waals surface area contributed by atoms with Gasteiger partial charge in [0.05, 0.1) is 17.7 Å². The smallest absolute Gasteiger partial charge is 0.312 e. The molecule has 1 fully saturated rings. The number of halogens is 1. The summed E-state index contributed by atoms with van der Waals surface area (Å²) < 4.78 is 5.78. The largest absolute Gasteiger partial charge is 0.490 e. The topological polar surface area (TPSA) is 67.6 Å². The SMILES string of the molecule is COc1cc(NCC2CCN(C)CC2)c(Br)cc1[N+](=O)[O-]. The third kappa shape index (κ3) is 4.07. The highest BCUT2D eigenvalue weighted by atomic mass is 79.9. The second-order valence-corrected chi connectivity index (χ2v) is 6.24. The van der Waals surface area contributed by atoms with E-state index >= 15 is 0 Å². The number of nitrogens with one attached hydrogen (secondary N) is 1. The average molecular weight is 358 g/mol. The van der Waals surface area contributed by atoms with Crippen LogP contribution in [0, 0.1) is 16.0 Å². The van der Waals surface area contributed by atoms with E-state index in [1.807, 2.05) is 0 Å². The van der Waals surface area contributed by atoms with Gasteiger partial charge in [-0.3, -0.25) is 10.1 Å². The molecule has 0 radical (unpaired) electrons. The normalized spacial score (nSPS) is 16.7. The van der Waals surface area contributed by atoms with Crippen LogP contribution < -0.4 is 10.1 Å². The molecule has 1 aromatic carbocycles. The van der Waals surface area contributed by atoms with Gasteiger partial charge in [-0.2, -0.15) is 0 Å². The lowest BCUT2D eigenvalue weighted by molar-refractivity contribution is -0.385. The summed E-state index contributed by atoms with van der Waals surface area (Å²) in [4.78, 5) is 12.9. The van der Waals surface area contributed by atoms with Gasteiger partial charge in [-0.15, -0.1) is 0 Å². The number of hydrogen-bond donors (Lipinski definition) is 1. The van der Waals surface area contributed by atoms with E-state index in [2.05, 4.69) is 33.2 Å². The summed E-state index contributed by atoms with van der Waals surface area (Å²) in [5, 5.41) is 14.3. The van der Waals surface area contributed by atoms with Crippen molar-refractivity contribution in [1.29, 1.82) is 0 Å². The summed E-state index contributed by atoms with van der Waals surface area (Å²) in [6.45, 7) is 3.11. The predicted molar refractivity (Wildman–Crippen MR) is 86.1 cm³/mol. The summed E-state index contributed by atoms with van der Waals surface area (Å²) >= 11 is 3.38.